The lowest BCUT2D eigenvalue weighted by molar-refractivity contribution is -0.167. The highest BCUT2D eigenvalue weighted by molar-refractivity contribution is 5.71. The average Bonchev–Trinajstić information content (AvgIpc) is 3.47. The first kappa shape index (κ1) is 77.6. The second kappa shape index (κ2) is 69.1. The largest absolute Gasteiger partial charge is 0.462 e. The first-order chi connectivity index (χ1) is 40.0. The third kappa shape index (κ3) is 67.3. The van der Waals surface area contributed by atoms with E-state index in [4.69, 9.17) is 14.2 Å². The molecule has 0 amide bonds. The normalized spacial score (nSPS) is 12.6. The monoisotopic (exact) mass is 1130 g/mol. The Bertz CT molecular complexity index is 1530. The van der Waals surface area contributed by atoms with E-state index in [1.54, 1.807) is 0 Å². The average molecular weight is 1130 g/mol. The smallest absolute Gasteiger partial charge is 0.306 e. The van der Waals surface area contributed by atoms with Crippen molar-refractivity contribution in [3.63, 3.8) is 0 Å². The van der Waals surface area contributed by atoms with Crippen LogP contribution in [0.1, 0.15) is 355 Å². The Labute approximate surface area is 503 Å². The Morgan fingerprint density at radius 1 is 0.259 bits per heavy atom. The van der Waals surface area contributed by atoms with Gasteiger partial charge in [0.25, 0.3) is 0 Å². The Hall–Kier alpha value is -3.41. The summed E-state index contributed by atoms with van der Waals surface area (Å²) in [7, 11) is 0. The number of carbonyl (C=O) groups excluding carboxylic acids is 3. The molecule has 1 atom stereocenters. The van der Waals surface area contributed by atoms with Crippen molar-refractivity contribution in [1.82, 2.24) is 0 Å². The van der Waals surface area contributed by atoms with E-state index in [9.17, 15) is 14.4 Å². The Kier molecular flexibility index (Phi) is 66.2. The van der Waals surface area contributed by atoms with E-state index >= 15 is 0 Å². The molecular formula is C75H132O6. The standard InChI is InChI=1S/C75H132O6/c1-4-7-10-13-16-19-22-25-28-31-34-36-37-39-41-44-47-50-53-56-59-62-65-68-74(77)80-71-72(70-79-73(76)67-64-61-58-55-52-49-46-43-40-33-30-27-24-21-18-15-12-9-6-3)81-75(78)69-66-63-60-57-54-51-48-45-42-38-35-32-29-26-23-20-17-14-11-8-5-2/h8,11,17,20,26,29,31,34-35,38,45,48,54,57,72H,4-7,9-10,12-16,18-19,21-25,27-28,30,32-33,36-37,39-44,46-47,49-53,55-56,58-71H2,1-3H3/b11-8-,20-17-,29-26-,34-31-,38-35-,48-45-,57-54-. The summed E-state index contributed by atoms with van der Waals surface area (Å²) in [6.07, 6.45) is 91.8. The summed E-state index contributed by atoms with van der Waals surface area (Å²) in [6, 6.07) is 0. The van der Waals surface area contributed by atoms with Crippen LogP contribution >= 0.6 is 0 Å². The Morgan fingerprint density at radius 2 is 0.481 bits per heavy atom. The zero-order valence-electron chi connectivity index (χ0n) is 53.8. The molecule has 0 aromatic rings. The van der Waals surface area contributed by atoms with Crippen LogP contribution in [0.5, 0.6) is 0 Å². The molecule has 0 rings (SSSR count). The van der Waals surface area contributed by atoms with Crippen LogP contribution < -0.4 is 0 Å². The van der Waals surface area contributed by atoms with Gasteiger partial charge >= 0.3 is 17.9 Å². The molecule has 0 aromatic heterocycles. The fourth-order valence-corrected chi connectivity index (χ4v) is 10.2. The van der Waals surface area contributed by atoms with E-state index in [-0.39, 0.29) is 37.5 Å². The Morgan fingerprint density at radius 3 is 0.790 bits per heavy atom. The zero-order chi connectivity index (χ0) is 58.5. The van der Waals surface area contributed by atoms with Gasteiger partial charge < -0.3 is 14.2 Å². The van der Waals surface area contributed by atoms with Gasteiger partial charge in [-0.15, -0.1) is 0 Å². The predicted octanol–water partition coefficient (Wildman–Crippen LogP) is 24.2. The van der Waals surface area contributed by atoms with Gasteiger partial charge in [-0.2, -0.15) is 0 Å². The number of carbonyl (C=O) groups is 3. The Balaban J connectivity index is 4.41. The number of allylic oxidation sites excluding steroid dienone is 14. The van der Waals surface area contributed by atoms with Crippen LogP contribution in [0.25, 0.3) is 0 Å². The van der Waals surface area contributed by atoms with Gasteiger partial charge in [-0.3, -0.25) is 14.4 Å². The molecule has 0 aromatic carbocycles. The van der Waals surface area contributed by atoms with Gasteiger partial charge in [0.1, 0.15) is 13.2 Å². The molecule has 0 spiro atoms. The van der Waals surface area contributed by atoms with Gasteiger partial charge in [0, 0.05) is 19.3 Å². The fraction of sp³-hybridized carbons (Fsp3) is 0.773. The minimum Gasteiger partial charge on any atom is -0.462 e. The topological polar surface area (TPSA) is 78.9 Å². The molecule has 1 unspecified atom stereocenters. The summed E-state index contributed by atoms with van der Waals surface area (Å²) in [5.74, 6) is -0.916. The van der Waals surface area contributed by atoms with E-state index in [1.807, 2.05) is 0 Å². The minimum atomic E-state index is -0.801. The molecule has 0 bridgehead atoms. The zero-order valence-corrected chi connectivity index (χ0v) is 53.8. The number of unbranched alkanes of at least 4 members (excludes halogenated alkanes) is 39. The van der Waals surface area contributed by atoms with Gasteiger partial charge in [0.15, 0.2) is 6.10 Å². The highest BCUT2D eigenvalue weighted by Gasteiger charge is 2.19. The molecule has 0 saturated carbocycles. The number of hydrogen-bond acceptors (Lipinski definition) is 6. The van der Waals surface area contributed by atoms with Gasteiger partial charge in [0.05, 0.1) is 0 Å². The van der Waals surface area contributed by atoms with Crippen LogP contribution in [0, 0.1) is 0 Å². The number of esters is 3. The molecule has 468 valence electrons. The second-order valence-electron chi connectivity index (χ2n) is 23.4. The van der Waals surface area contributed by atoms with E-state index in [2.05, 4.69) is 106 Å². The fourth-order valence-electron chi connectivity index (χ4n) is 10.2. The quantitative estimate of drug-likeness (QED) is 0.0261. The summed E-state index contributed by atoms with van der Waals surface area (Å²) >= 11 is 0. The van der Waals surface area contributed by atoms with Gasteiger partial charge in [0.2, 0.25) is 0 Å². The summed E-state index contributed by atoms with van der Waals surface area (Å²) in [5.41, 5.74) is 0. The summed E-state index contributed by atoms with van der Waals surface area (Å²) < 4.78 is 17.0. The highest BCUT2D eigenvalue weighted by Crippen LogP contribution is 2.18. The summed E-state index contributed by atoms with van der Waals surface area (Å²) in [5, 5.41) is 0. The summed E-state index contributed by atoms with van der Waals surface area (Å²) in [6.45, 7) is 6.55. The van der Waals surface area contributed by atoms with Crippen molar-refractivity contribution in [2.75, 3.05) is 13.2 Å². The molecule has 0 radical (unpaired) electrons. The molecule has 6 heteroatoms. The van der Waals surface area contributed by atoms with Crippen molar-refractivity contribution in [3.05, 3.63) is 85.1 Å². The van der Waals surface area contributed by atoms with E-state index in [0.29, 0.717) is 19.3 Å². The van der Waals surface area contributed by atoms with Crippen molar-refractivity contribution >= 4 is 17.9 Å². The lowest BCUT2D eigenvalue weighted by Gasteiger charge is -2.18. The third-order valence-electron chi connectivity index (χ3n) is 15.4. The van der Waals surface area contributed by atoms with Gasteiger partial charge in [-0.05, 0) is 96.3 Å². The highest BCUT2D eigenvalue weighted by atomic mass is 16.6. The van der Waals surface area contributed by atoms with Crippen molar-refractivity contribution < 1.29 is 28.6 Å². The SMILES string of the molecule is CC/C=C\C/C=C\C/C=C\C/C=C\C/C=C\C/C=C\CCCCC(=O)OC(COC(=O)CCCCCCCCCCCCC/C=C\CCCCCCCCCC)COC(=O)CCCCCCCCCCCCCCCCCCCCC. The van der Waals surface area contributed by atoms with E-state index in [0.717, 1.165) is 89.9 Å². The van der Waals surface area contributed by atoms with Crippen molar-refractivity contribution in [2.45, 2.75) is 361 Å². The maximum Gasteiger partial charge on any atom is 0.306 e. The summed E-state index contributed by atoms with van der Waals surface area (Å²) in [4.78, 5) is 38.5. The lowest BCUT2D eigenvalue weighted by Crippen LogP contribution is -2.30. The molecule has 81 heavy (non-hydrogen) atoms. The van der Waals surface area contributed by atoms with E-state index < -0.39 is 6.10 Å². The lowest BCUT2D eigenvalue weighted by atomic mass is 10.0. The van der Waals surface area contributed by atoms with Crippen LogP contribution in [-0.4, -0.2) is 37.2 Å². The van der Waals surface area contributed by atoms with Crippen LogP contribution in [0.3, 0.4) is 0 Å². The van der Waals surface area contributed by atoms with Crippen LogP contribution in [-0.2, 0) is 28.6 Å². The van der Waals surface area contributed by atoms with Crippen molar-refractivity contribution in [3.8, 4) is 0 Å². The molecule has 0 heterocycles. The van der Waals surface area contributed by atoms with Gasteiger partial charge in [-0.1, -0.05) is 324 Å². The maximum atomic E-state index is 12.9. The molecule has 0 aliphatic heterocycles. The molecule has 0 saturated heterocycles. The molecule has 6 nitrogen and oxygen atoms in total. The second-order valence-corrected chi connectivity index (χ2v) is 23.4. The first-order valence-corrected chi connectivity index (χ1v) is 35.1. The molecule has 0 aliphatic rings. The van der Waals surface area contributed by atoms with Crippen LogP contribution in [0.4, 0.5) is 0 Å². The molecule has 0 aliphatic carbocycles. The number of rotatable bonds is 64. The number of ether oxygens (including phenoxy) is 3. The predicted molar refractivity (Wildman–Crippen MR) is 353 cm³/mol. The maximum absolute atomic E-state index is 12.9. The van der Waals surface area contributed by atoms with Crippen LogP contribution in [0.15, 0.2) is 85.1 Å². The molecule has 0 N–H and O–H groups in total. The minimum absolute atomic E-state index is 0.0910. The van der Waals surface area contributed by atoms with Crippen molar-refractivity contribution in [1.29, 1.82) is 0 Å². The molecular weight excluding hydrogens is 997 g/mol. The van der Waals surface area contributed by atoms with Crippen molar-refractivity contribution in [2.24, 2.45) is 0 Å². The first-order valence-electron chi connectivity index (χ1n) is 35.1. The van der Waals surface area contributed by atoms with Crippen LogP contribution in [0.2, 0.25) is 0 Å². The third-order valence-corrected chi connectivity index (χ3v) is 15.4. The molecule has 0 fully saturated rings. The van der Waals surface area contributed by atoms with Gasteiger partial charge in [-0.25, -0.2) is 0 Å². The number of hydrogen-bond donors (Lipinski definition) is 0. The van der Waals surface area contributed by atoms with E-state index in [1.165, 1.54) is 218 Å².